The van der Waals surface area contributed by atoms with Gasteiger partial charge in [-0.05, 0) is 24.2 Å². The minimum absolute atomic E-state index is 0.290. The standard InChI is InChI=1S/C12H12F3N3S/c1-2-17-10(8-3-5-16-6-4-8)9-7-18-11(19-9)12(13,14)15/h3-7,10,17H,2H2,1H3. The summed E-state index contributed by atoms with van der Waals surface area (Å²) in [6.07, 6.45) is 0.121. The fourth-order valence-corrected chi connectivity index (χ4v) is 2.58. The molecule has 7 heteroatoms. The van der Waals surface area contributed by atoms with Crippen LogP contribution in [0.2, 0.25) is 0 Å². The van der Waals surface area contributed by atoms with Crippen molar-refractivity contribution in [1.29, 1.82) is 0 Å². The number of alkyl halides is 3. The molecule has 0 aliphatic rings. The molecule has 1 atom stereocenters. The molecule has 2 aromatic heterocycles. The Kier molecular flexibility index (Phi) is 4.16. The van der Waals surface area contributed by atoms with E-state index in [2.05, 4.69) is 15.3 Å². The summed E-state index contributed by atoms with van der Waals surface area (Å²) < 4.78 is 37.7. The zero-order chi connectivity index (χ0) is 13.9. The van der Waals surface area contributed by atoms with Crippen molar-refractivity contribution in [3.05, 3.63) is 46.2 Å². The molecule has 0 saturated carbocycles. The smallest absolute Gasteiger partial charge is 0.306 e. The van der Waals surface area contributed by atoms with Crippen molar-refractivity contribution in [2.24, 2.45) is 0 Å². The number of rotatable bonds is 4. The second kappa shape index (κ2) is 5.66. The molecule has 0 bridgehead atoms. The number of nitrogens with one attached hydrogen (secondary N) is 1. The fourth-order valence-electron chi connectivity index (χ4n) is 1.69. The molecule has 0 spiro atoms. The van der Waals surface area contributed by atoms with E-state index in [0.29, 0.717) is 22.8 Å². The minimum Gasteiger partial charge on any atom is -0.306 e. The van der Waals surface area contributed by atoms with E-state index in [0.717, 1.165) is 5.56 Å². The van der Waals surface area contributed by atoms with Gasteiger partial charge in [-0.2, -0.15) is 13.2 Å². The molecule has 0 radical (unpaired) electrons. The first kappa shape index (κ1) is 14.0. The van der Waals surface area contributed by atoms with Crippen molar-refractivity contribution in [3.8, 4) is 0 Å². The first-order valence-corrected chi connectivity index (χ1v) is 6.50. The van der Waals surface area contributed by atoms with E-state index in [1.807, 2.05) is 6.92 Å². The fraction of sp³-hybridized carbons (Fsp3) is 0.333. The molecule has 0 fully saturated rings. The van der Waals surface area contributed by atoms with Gasteiger partial charge in [0.25, 0.3) is 0 Å². The van der Waals surface area contributed by atoms with Crippen LogP contribution in [0.25, 0.3) is 0 Å². The quantitative estimate of drug-likeness (QED) is 0.938. The summed E-state index contributed by atoms with van der Waals surface area (Å²) in [4.78, 5) is 7.90. The van der Waals surface area contributed by atoms with Crippen molar-refractivity contribution in [1.82, 2.24) is 15.3 Å². The zero-order valence-corrected chi connectivity index (χ0v) is 10.9. The van der Waals surface area contributed by atoms with E-state index in [-0.39, 0.29) is 6.04 Å². The number of pyridine rings is 1. The maximum atomic E-state index is 12.6. The lowest BCUT2D eigenvalue weighted by atomic mass is 10.1. The van der Waals surface area contributed by atoms with E-state index >= 15 is 0 Å². The number of nitrogens with zero attached hydrogens (tertiary/aromatic N) is 2. The Bertz CT molecular complexity index is 525. The van der Waals surface area contributed by atoms with Crippen LogP contribution in [0.15, 0.2) is 30.7 Å². The van der Waals surface area contributed by atoms with Gasteiger partial charge in [0.05, 0.1) is 6.04 Å². The largest absolute Gasteiger partial charge is 0.443 e. The third kappa shape index (κ3) is 3.30. The summed E-state index contributed by atoms with van der Waals surface area (Å²) in [5.41, 5.74) is 0.870. The highest BCUT2D eigenvalue weighted by Crippen LogP contribution is 2.35. The summed E-state index contributed by atoms with van der Waals surface area (Å²) in [5.74, 6) is 0. The average molecular weight is 287 g/mol. The molecule has 2 aromatic rings. The molecule has 1 unspecified atom stereocenters. The molecule has 0 aliphatic carbocycles. The summed E-state index contributed by atoms with van der Waals surface area (Å²) in [6, 6.07) is 3.27. The molecule has 19 heavy (non-hydrogen) atoms. The monoisotopic (exact) mass is 287 g/mol. The van der Waals surface area contributed by atoms with Crippen molar-refractivity contribution >= 4 is 11.3 Å². The summed E-state index contributed by atoms with van der Waals surface area (Å²) in [5, 5.41) is 2.34. The molecule has 0 aromatic carbocycles. The lowest BCUT2D eigenvalue weighted by Gasteiger charge is -2.16. The average Bonchev–Trinajstić information content (AvgIpc) is 2.86. The second-order valence-corrected chi connectivity index (χ2v) is 4.90. The molecule has 2 rings (SSSR count). The van der Waals surface area contributed by atoms with Crippen LogP contribution >= 0.6 is 11.3 Å². The minimum atomic E-state index is -4.39. The Labute approximate surface area is 112 Å². The van der Waals surface area contributed by atoms with E-state index in [1.54, 1.807) is 24.5 Å². The normalized spacial score (nSPS) is 13.5. The lowest BCUT2D eigenvalue weighted by molar-refractivity contribution is -0.137. The van der Waals surface area contributed by atoms with Crippen LogP contribution in [0.4, 0.5) is 13.2 Å². The predicted molar refractivity (Wildman–Crippen MR) is 66.9 cm³/mol. The van der Waals surface area contributed by atoms with Gasteiger partial charge in [-0.1, -0.05) is 6.92 Å². The van der Waals surface area contributed by atoms with Gasteiger partial charge < -0.3 is 5.32 Å². The van der Waals surface area contributed by atoms with Gasteiger partial charge in [-0.15, -0.1) is 11.3 Å². The first-order chi connectivity index (χ1) is 9.02. The van der Waals surface area contributed by atoms with E-state index < -0.39 is 11.2 Å². The SMILES string of the molecule is CCNC(c1ccncc1)c1cnc(C(F)(F)F)s1. The molecule has 0 aliphatic heterocycles. The number of aromatic nitrogens is 2. The topological polar surface area (TPSA) is 37.8 Å². The van der Waals surface area contributed by atoms with Gasteiger partial charge in [-0.3, -0.25) is 4.98 Å². The Morgan fingerprint density at radius 1 is 1.32 bits per heavy atom. The lowest BCUT2D eigenvalue weighted by Crippen LogP contribution is -2.21. The number of halogens is 3. The van der Waals surface area contributed by atoms with Crippen LogP contribution in [0.5, 0.6) is 0 Å². The van der Waals surface area contributed by atoms with Crippen LogP contribution < -0.4 is 5.32 Å². The van der Waals surface area contributed by atoms with Crippen LogP contribution in [0.1, 0.15) is 28.4 Å². The Morgan fingerprint density at radius 3 is 2.53 bits per heavy atom. The number of hydrogen-bond acceptors (Lipinski definition) is 4. The third-order valence-electron chi connectivity index (χ3n) is 2.50. The second-order valence-electron chi connectivity index (χ2n) is 3.84. The molecule has 3 nitrogen and oxygen atoms in total. The first-order valence-electron chi connectivity index (χ1n) is 5.68. The Morgan fingerprint density at radius 2 is 2.00 bits per heavy atom. The summed E-state index contributed by atoms with van der Waals surface area (Å²) in [7, 11) is 0. The Hall–Kier alpha value is -1.47. The van der Waals surface area contributed by atoms with Crippen LogP contribution in [-0.2, 0) is 6.18 Å². The van der Waals surface area contributed by atoms with Crippen molar-refractivity contribution in [2.45, 2.75) is 19.1 Å². The van der Waals surface area contributed by atoms with E-state index in [1.165, 1.54) is 6.20 Å². The van der Waals surface area contributed by atoms with Crippen molar-refractivity contribution in [2.75, 3.05) is 6.54 Å². The molecule has 0 amide bonds. The molecule has 1 N–H and O–H groups in total. The van der Waals surface area contributed by atoms with Crippen LogP contribution in [-0.4, -0.2) is 16.5 Å². The maximum absolute atomic E-state index is 12.6. The highest BCUT2D eigenvalue weighted by atomic mass is 32.1. The predicted octanol–water partition coefficient (Wildman–Crippen LogP) is 3.26. The summed E-state index contributed by atoms with van der Waals surface area (Å²) >= 11 is 0.664. The van der Waals surface area contributed by atoms with Crippen molar-refractivity contribution < 1.29 is 13.2 Å². The molecule has 102 valence electrons. The molecular formula is C12H12F3N3S. The summed E-state index contributed by atoms with van der Waals surface area (Å²) in [6.45, 7) is 2.55. The maximum Gasteiger partial charge on any atom is 0.443 e. The highest BCUT2D eigenvalue weighted by Gasteiger charge is 2.35. The zero-order valence-electron chi connectivity index (χ0n) is 10.1. The van der Waals surface area contributed by atoms with Gasteiger partial charge >= 0.3 is 6.18 Å². The third-order valence-corrected chi connectivity index (χ3v) is 3.61. The Balaban J connectivity index is 2.32. The molecule has 2 heterocycles. The van der Waals surface area contributed by atoms with E-state index in [9.17, 15) is 13.2 Å². The van der Waals surface area contributed by atoms with Crippen LogP contribution in [0.3, 0.4) is 0 Å². The molecule has 0 saturated heterocycles. The van der Waals surface area contributed by atoms with Crippen molar-refractivity contribution in [3.63, 3.8) is 0 Å². The highest BCUT2D eigenvalue weighted by molar-refractivity contribution is 7.11. The van der Waals surface area contributed by atoms with Gasteiger partial charge in [-0.25, -0.2) is 4.98 Å². The van der Waals surface area contributed by atoms with Crippen LogP contribution in [0, 0.1) is 0 Å². The van der Waals surface area contributed by atoms with Gasteiger partial charge in [0.15, 0.2) is 5.01 Å². The van der Waals surface area contributed by atoms with Gasteiger partial charge in [0, 0.05) is 23.5 Å². The van der Waals surface area contributed by atoms with E-state index in [4.69, 9.17) is 0 Å². The number of thiazole rings is 1. The number of hydrogen-bond donors (Lipinski definition) is 1. The molecular weight excluding hydrogens is 275 g/mol. The van der Waals surface area contributed by atoms with Gasteiger partial charge in [0.2, 0.25) is 0 Å². The van der Waals surface area contributed by atoms with Gasteiger partial charge in [0.1, 0.15) is 0 Å².